The Labute approximate surface area is 157 Å². The molecule has 7 nitrogen and oxygen atoms in total. The molecule has 140 valence electrons. The highest BCUT2D eigenvalue weighted by Gasteiger charge is 2.31. The lowest BCUT2D eigenvalue weighted by atomic mass is 9.88. The number of aromatic nitrogens is 2. The molecule has 1 aliphatic carbocycles. The number of carbonyl (C=O) groups is 1. The van der Waals surface area contributed by atoms with Crippen molar-refractivity contribution in [3.8, 4) is 0 Å². The molecule has 1 aromatic heterocycles. The number of benzene rings is 1. The molecule has 26 heavy (non-hydrogen) atoms. The van der Waals surface area contributed by atoms with Crippen LogP contribution in [0.25, 0.3) is 0 Å². The van der Waals surface area contributed by atoms with Gasteiger partial charge in [-0.25, -0.2) is 12.7 Å². The molecule has 3 rings (SSSR count). The number of nitrogens with zero attached hydrogens (tertiary/aromatic N) is 3. The third kappa shape index (κ3) is 3.73. The zero-order chi connectivity index (χ0) is 18.9. The lowest BCUT2D eigenvalue weighted by Crippen LogP contribution is -2.38. The minimum atomic E-state index is -3.74. The normalized spacial score (nSPS) is 17.0. The van der Waals surface area contributed by atoms with Crippen LogP contribution in [0, 0.1) is 0 Å². The Morgan fingerprint density at radius 3 is 2.73 bits per heavy atom. The molecule has 0 radical (unpaired) electrons. The number of rotatable bonds is 5. The van der Waals surface area contributed by atoms with Gasteiger partial charge in [0.2, 0.25) is 11.0 Å². The van der Waals surface area contributed by atoms with Gasteiger partial charge in [-0.3, -0.25) is 4.79 Å². The predicted molar refractivity (Wildman–Crippen MR) is 101 cm³/mol. The standard InChI is InChI=1S/C17H22N4O3S2/c1-11(2)21(17-20-18-10-25-17)26(23,24)16-7-5-13-4-6-15(19-12(3)22)8-14(13)9-16/h5,7,9-11,15H,4,6,8H2,1-3H3,(H,19,22). The quantitative estimate of drug-likeness (QED) is 0.839. The van der Waals surface area contributed by atoms with E-state index in [1.807, 2.05) is 19.9 Å². The molecule has 1 aliphatic rings. The summed E-state index contributed by atoms with van der Waals surface area (Å²) in [5.74, 6) is -0.0653. The summed E-state index contributed by atoms with van der Waals surface area (Å²) >= 11 is 1.19. The SMILES string of the molecule is CC(=O)NC1CCc2ccc(S(=O)(=O)N(c3nncs3)C(C)C)cc2C1. The highest BCUT2D eigenvalue weighted by atomic mass is 32.2. The second-order valence-corrected chi connectivity index (χ2v) is 9.31. The lowest BCUT2D eigenvalue weighted by molar-refractivity contribution is -0.119. The lowest BCUT2D eigenvalue weighted by Gasteiger charge is -2.28. The van der Waals surface area contributed by atoms with E-state index in [4.69, 9.17) is 0 Å². The number of hydrogen-bond donors (Lipinski definition) is 1. The second kappa shape index (κ2) is 7.32. The summed E-state index contributed by atoms with van der Waals surface area (Å²) in [5, 5.41) is 11.0. The number of anilines is 1. The molecule has 0 fully saturated rings. The fraction of sp³-hybridized carbons (Fsp3) is 0.471. The van der Waals surface area contributed by atoms with Gasteiger partial charge in [-0.15, -0.1) is 10.2 Å². The zero-order valence-corrected chi connectivity index (χ0v) is 16.6. The van der Waals surface area contributed by atoms with Gasteiger partial charge in [0, 0.05) is 19.0 Å². The molecule has 1 unspecified atom stereocenters. The Morgan fingerprint density at radius 2 is 2.12 bits per heavy atom. The number of sulfonamides is 1. The first kappa shape index (κ1) is 18.8. The fourth-order valence-electron chi connectivity index (χ4n) is 3.28. The Balaban J connectivity index is 1.95. The van der Waals surface area contributed by atoms with Crippen LogP contribution in [0.5, 0.6) is 0 Å². The maximum absolute atomic E-state index is 13.2. The van der Waals surface area contributed by atoms with Crippen LogP contribution in [0.3, 0.4) is 0 Å². The molecule has 1 atom stereocenters. The second-order valence-electron chi connectivity index (χ2n) is 6.69. The minimum Gasteiger partial charge on any atom is -0.353 e. The molecule has 0 aliphatic heterocycles. The van der Waals surface area contributed by atoms with E-state index in [0.29, 0.717) is 11.6 Å². The molecular formula is C17H22N4O3S2. The van der Waals surface area contributed by atoms with E-state index >= 15 is 0 Å². The van der Waals surface area contributed by atoms with Gasteiger partial charge in [-0.2, -0.15) is 0 Å². The summed E-state index contributed by atoms with van der Waals surface area (Å²) in [6.07, 6.45) is 2.32. The summed E-state index contributed by atoms with van der Waals surface area (Å²) in [4.78, 5) is 11.6. The largest absolute Gasteiger partial charge is 0.353 e. The molecule has 0 saturated carbocycles. The summed E-state index contributed by atoms with van der Waals surface area (Å²) < 4.78 is 27.7. The van der Waals surface area contributed by atoms with Crippen molar-refractivity contribution < 1.29 is 13.2 Å². The van der Waals surface area contributed by atoms with E-state index in [9.17, 15) is 13.2 Å². The molecule has 2 aromatic rings. The minimum absolute atomic E-state index is 0.0438. The van der Waals surface area contributed by atoms with Crippen LogP contribution in [-0.2, 0) is 27.7 Å². The van der Waals surface area contributed by atoms with Gasteiger partial charge < -0.3 is 5.32 Å². The summed E-state index contributed by atoms with van der Waals surface area (Å²) in [6.45, 7) is 5.12. The van der Waals surface area contributed by atoms with E-state index in [1.54, 1.807) is 12.1 Å². The summed E-state index contributed by atoms with van der Waals surface area (Å²) in [6, 6.07) is 5.03. The van der Waals surface area contributed by atoms with Crippen LogP contribution in [0.1, 0.15) is 38.3 Å². The summed E-state index contributed by atoms with van der Waals surface area (Å²) in [5.41, 5.74) is 3.63. The van der Waals surface area contributed by atoms with Crippen molar-refractivity contribution in [1.29, 1.82) is 0 Å². The van der Waals surface area contributed by atoms with Crippen molar-refractivity contribution >= 4 is 32.4 Å². The van der Waals surface area contributed by atoms with Crippen molar-refractivity contribution in [2.45, 2.75) is 57.0 Å². The first-order chi connectivity index (χ1) is 12.3. The van der Waals surface area contributed by atoms with Crippen molar-refractivity contribution in [3.63, 3.8) is 0 Å². The van der Waals surface area contributed by atoms with Gasteiger partial charge in [0.25, 0.3) is 10.0 Å². The van der Waals surface area contributed by atoms with E-state index in [2.05, 4.69) is 15.5 Å². The van der Waals surface area contributed by atoms with Crippen LogP contribution in [0.4, 0.5) is 5.13 Å². The molecule has 1 amide bonds. The van der Waals surface area contributed by atoms with Crippen LogP contribution in [0.2, 0.25) is 0 Å². The fourth-order valence-corrected chi connectivity index (χ4v) is 5.86. The number of amides is 1. The highest BCUT2D eigenvalue weighted by Crippen LogP contribution is 2.30. The van der Waals surface area contributed by atoms with Crippen LogP contribution in [-0.4, -0.2) is 36.6 Å². The molecular weight excluding hydrogens is 372 g/mol. The van der Waals surface area contributed by atoms with E-state index in [0.717, 1.165) is 24.0 Å². The first-order valence-electron chi connectivity index (χ1n) is 8.48. The van der Waals surface area contributed by atoms with Gasteiger partial charge in [0.05, 0.1) is 4.90 Å². The Kier molecular flexibility index (Phi) is 5.29. The van der Waals surface area contributed by atoms with Gasteiger partial charge >= 0.3 is 0 Å². The zero-order valence-electron chi connectivity index (χ0n) is 15.0. The number of aryl methyl sites for hydroxylation is 1. The topological polar surface area (TPSA) is 92.3 Å². The van der Waals surface area contributed by atoms with Crippen LogP contribution >= 0.6 is 11.3 Å². The van der Waals surface area contributed by atoms with E-state index in [-0.39, 0.29) is 22.9 Å². The summed E-state index contributed by atoms with van der Waals surface area (Å²) in [7, 11) is -3.74. The van der Waals surface area contributed by atoms with Crippen LogP contribution < -0.4 is 9.62 Å². The Hall–Kier alpha value is -2.00. The maximum atomic E-state index is 13.2. The smallest absolute Gasteiger partial charge is 0.266 e. The van der Waals surface area contributed by atoms with E-state index in [1.165, 1.54) is 28.1 Å². The highest BCUT2D eigenvalue weighted by molar-refractivity contribution is 7.93. The Morgan fingerprint density at radius 1 is 1.35 bits per heavy atom. The maximum Gasteiger partial charge on any atom is 0.266 e. The van der Waals surface area contributed by atoms with Crippen LogP contribution in [0.15, 0.2) is 28.6 Å². The number of fused-ring (bicyclic) bond motifs is 1. The van der Waals surface area contributed by atoms with Gasteiger partial charge in [-0.05, 0) is 56.4 Å². The average molecular weight is 395 g/mol. The number of nitrogens with one attached hydrogen (secondary N) is 1. The predicted octanol–water partition coefficient (Wildman–Crippen LogP) is 2.14. The molecule has 1 N–H and O–H groups in total. The van der Waals surface area contributed by atoms with Gasteiger partial charge in [0.1, 0.15) is 5.51 Å². The number of carbonyl (C=O) groups excluding carboxylic acids is 1. The van der Waals surface area contributed by atoms with Crippen molar-refractivity contribution in [2.24, 2.45) is 0 Å². The van der Waals surface area contributed by atoms with E-state index < -0.39 is 10.0 Å². The Bertz CT molecular complexity index is 895. The molecule has 1 aromatic carbocycles. The molecule has 9 heteroatoms. The van der Waals surface area contributed by atoms with Crippen molar-refractivity contribution in [1.82, 2.24) is 15.5 Å². The van der Waals surface area contributed by atoms with Gasteiger partial charge in [-0.1, -0.05) is 17.4 Å². The molecule has 0 spiro atoms. The molecule has 0 bridgehead atoms. The third-order valence-corrected chi connectivity index (χ3v) is 7.14. The third-order valence-electron chi connectivity index (χ3n) is 4.38. The molecule has 1 heterocycles. The first-order valence-corrected chi connectivity index (χ1v) is 10.8. The van der Waals surface area contributed by atoms with Crippen molar-refractivity contribution in [3.05, 3.63) is 34.8 Å². The van der Waals surface area contributed by atoms with Crippen molar-refractivity contribution in [2.75, 3.05) is 4.31 Å². The number of hydrogen-bond acceptors (Lipinski definition) is 6. The average Bonchev–Trinajstić information content (AvgIpc) is 3.06. The molecule has 0 saturated heterocycles. The van der Waals surface area contributed by atoms with Gasteiger partial charge in [0.15, 0.2) is 0 Å². The monoisotopic (exact) mass is 394 g/mol.